The van der Waals surface area contributed by atoms with Gasteiger partial charge in [-0.25, -0.2) is 0 Å². The molecule has 1 N–H and O–H groups in total. The third kappa shape index (κ3) is 5.44. The summed E-state index contributed by atoms with van der Waals surface area (Å²) in [5.74, 6) is 1.04. The highest BCUT2D eigenvalue weighted by Crippen LogP contribution is 2.25. The average molecular weight is 473 g/mol. The van der Waals surface area contributed by atoms with Gasteiger partial charge in [0, 0.05) is 62.1 Å². The van der Waals surface area contributed by atoms with Crippen molar-refractivity contribution < 1.29 is 9.21 Å². The number of benzene rings is 2. The molecular formula is C27H32N6O2. The predicted molar refractivity (Wildman–Crippen MR) is 137 cm³/mol. The first-order valence-corrected chi connectivity index (χ1v) is 12.4. The van der Waals surface area contributed by atoms with Crippen molar-refractivity contribution in [2.75, 3.05) is 38.0 Å². The quantitative estimate of drug-likeness (QED) is 0.417. The first-order chi connectivity index (χ1) is 17.1. The molecule has 8 heteroatoms. The zero-order valence-electron chi connectivity index (χ0n) is 20.4. The van der Waals surface area contributed by atoms with Crippen molar-refractivity contribution in [3.8, 4) is 11.5 Å². The minimum Gasteiger partial charge on any atom is -0.421 e. The molecule has 1 saturated heterocycles. The second kappa shape index (κ2) is 10.4. The molecule has 2 aromatic carbocycles. The summed E-state index contributed by atoms with van der Waals surface area (Å²) >= 11 is 0. The number of likely N-dealkylation sites (N-methyl/N-ethyl adjacent to an activating group) is 1. The molecule has 0 bridgehead atoms. The third-order valence-electron chi connectivity index (χ3n) is 6.66. The Morgan fingerprint density at radius 2 is 1.74 bits per heavy atom. The molecule has 5 rings (SSSR count). The fourth-order valence-electron chi connectivity index (χ4n) is 4.54. The van der Waals surface area contributed by atoms with E-state index in [1.165, 1.54) is 5.56 Å². The lowest BCUT2D eigenvalue weighted by molar-refractivity contribution is -0.116. The van der Waals surface area contributed by atoms with E-state index in [4.69, 9.17) is 4.42 Å². The highest BCUT2D eigenvalue weighted by molar-refractivity contribution is 5.92. The molecule has 0 atom stereocenters. The molecule has 1 fully saturated rings. The van der Waals surface area contributed by atoms with Gasteiger partial charge in [-0.2, -0.15) is 0 Å². The Hall–Kier alpha value is -3.49. The smallest absolute Gasteiger partial charge is 0.247 e. The van der Waals surface area contributed by atoms with Gasteiger partial charge in [0.15, 0.2) is 0 Å². The number of nitrogens with one attached hydrogen (secondary N) is 1. The monoisotopic (exact) mass is 472 g/mol. The van der Waals surface area contributed by atoms with Crippen LogP contribution in [0.3, 0.4) is 0 Å². The summed E-state index contributed by atoms with van der Waals surface area (Å²) in [5, 5.41) is 12.3. The molecule has 2 aromatic heterocycles. The summed E-state index contributed by atoms with van der Waals surface area (Å²) in [6.07, 6.45) is 2.63. The lowest BCUT2D eigenvalue weighted by Gasteiger charge is -2.34. The van der Waals surface area contributed by atoms with Crippen molar-refractivity contribution in [2.45, 2.75) is 33.4 Å². The summed E-state index contributed by atoms with van der Waals surface area (Å²) in [5.41, 5.74) is 3.87. The molecule has 4 aromatic rings. The van der Waals surface area contributed by atoms with Crippen LogP contribution in [-0.4, -0.2) is 63.2 Å². The van der Waals surface area contributed by atoms with Gasteiger partial charge in [-0.1, -0.05) is 32.0 Å². The second-order valence-corrected chi connectivity index (χ2v) is 9.03. The number of anilines is 1. The summed E-state index contributed by atoms with van der Waals surface area (Å²) < 4.78 is 7.64. The Kier molecular flexibility index (Phi) is 6.92. The van der Waals surface area contributed by atoms with Crippen LogP contribution >= 0.6 is 0 Å². The number of carbonyl (C=O) groups is 1. The van der Waals surface area contributed by atoms with Gasteiger partial charge in [0.05, 0.1) is 0 Å². The van der Waals surface area contributed by atoms with Crippen molar-refractivity contribution in [1.82, 2.24) is 24.6 Å². The normalized spacial score (nSPS) is 15.0. The summed E-state index contributed by atoms with van der Waals surface area (Å²) in [7, 11) is 0. The summed E-state index contributed by atoms with van der Waals surface area (Å²) in [6, 6.07) is 16.2. The fourth-order valence-corrected chi connectivity index (χ4v) is 4.54. The number of nitrogens with zero attached hydrogens (tertiary/aromatic N) is 5. The molecule has 35 heavy (non-hydrogen) atoms. The van der Waals surface area contributed by atoms with Crippen LogP contribution in [0.25, 0.3) is 22.4 Å². The SMILES string of the molecule is CCc1nnc(-c2ccc3ccn(CC(=O)Nc4ccc(CN5CCN(CC)CC5)cc4)c3c2)o1. The standard InChI is InChI=1S/C27H32N6O2/c1-3-26-29-30-27(35-26)22-8-7-21-11-12-33(24(21)17-22)19-25(34)28-23-9-5-20(6-10-23)18-32-15-13-31(4-2)14-16-32/h5-12,17H,3-4,13-16,18-19H2,1-2H3,(H,28,34). The predicted octanol–water partition coefficient (Wildman–Crippen LogP) is 4.03. The third-order valence-corrected chi connectivity index (χ3v) is 6.66. The molecule has 3 heterocycles. The van der Waals surface area contributed by atoms with Crippen LogP contribution in [0.1, 0.15) is 25.3 Å². The summed E-state index contributed by atoms with van der Waals surface area (Å²) in [4.78, 5) is 17.8. The van der Waals surface area contributed by atoms with Crippen LogP contribution in [0, 0.1) is 0 Å². The maximum absolute atomic E-state index is 12.8. The Morgan fingerprint density at radius 3 is 2.46 bits per heavy atom. The molecule has 182 valence electrons. The molecule has 8 nitrogen and oxygen atoms in total. The number of carbonyl (C=O) groups excluding carboxylic acids is 1. The van der Waals surface area contributed by atoms with Gasteiger partial charge in [-0.15, -0.1) is 10.2 Å². The van der Waals surface area contributed by atoms with E-state index >= 15 is 0 Å². The number of aromatic nitrogens is 3. The van der Waals surface area contributed by atoms with E-state index in [-0.39, 0.29) is 12.5 Å². The number of piperazine rings is 1. The summed E-state index contributed by atoms with van der Waals surface area (Å²) in [6.45, 7) is 11.0. The second-order valence-electron chi connectivity index (χ2n) is 9.03. The van der Waals surface area contributed by atoms with Gasteiger partial charge in [-0.05, 0) is 47.8 Å². The lowest BCUT2D eigenvalue weighted by atomic mass is 10.1. The zero-order chi connectivity index (χ0) is 24.2. The van der Waals surface area contributed by atoms with Crippen LogP contribution in [0.5, 0.6) is 0 Å². The molecule has 0 aliphatic carbocycles. The van der Waals surface area contributed by atoms with E-state index in [9.17, 15) is 4.79 Å². The van der Waals surface area contributed by atoms with Crippen molar-refractivity contribution in [2.24, 2.45) is 0 Å². The molecule has 0 unspecified atom stereocenters. The maximum Gasteiger partial charge on any atom is 0.247 e. The number of hydrogen-bond acceptors (Lipinski definition) is 6. The van der Waals surface area contributed by atoms with Crippen LogP contribution in [0.15, 0.2) is 59.1 Å². The lowest BCUT2D eigenvalue weighted by Crippen LogP contribution is -2.45. The number of fused-ring (bicyclic) bond motifs is 1. The number of aryl methyl sites for hydroxylation is 1. The Labute approximate surface area is 205 Å². The first-order valence-electron chi connectivity index (χ1n) is 12.4. The van der Waals surface area contributed by atoms with E-state index in [0.717, 1.165) is 61.4 Å². The Morgan fingerprint density at radius 1 is 0.971 bits per heavy atom. The van der Waals surface area contributed by atoms with Crippen molar-refractivity contribution >= 4 is 22.5 Å². The van der Waals surface area contributed by atoms with Crippen molar-refractivity contribution in [1.29, 1.82) is 0 Å². The zero-order valence-corrected chi connectivity index (χ0v) is 20.4. The number of rotatable bonds is 8. The molecule has 0 spiro atoms. The maximum atomic E-state index is 12.8. The minimum atomic E-state index is -0.0672. The van der Waals surface area contributed by atoms with Gasteiger partial charge < -0.3 is 19.2 Å². The molecule has 0 saturated carbocycles. The van der Waals surface area contributed by atoms with Crippen LogP contribution in [0.4, 0.5) is 5.69 Å². The fraction of sp³-hybridized carbons (Fsp3) is 0.370. The molecule has 1 aliphatic heterocycles. The highest BCUT2D eigenvalue weighted by Gasteiger charge is 2.16. The average Bonchev–Trinajstić information content (AvgIpc) is 3.53. The molecule has 1 amide bonds. The number of hydrogen-bond donors (Lipinski definition) is 1. The van der Waals surface area contributed by atoms with Crippen LogP contribution in [0.2, 0.25) is 0 Å². The van der Waals surface area contributed by atoms with Gasteiger partial charge in [0.2, 0.25) is 17.7 Å². The van der Waals surface area contributed by atoms with E-state index in [2.05, 4.69) is 44.4 Å². The van der Waals surface area contributed by atoms with Crippen LogP contribution in [-0.2, 0) is 24.3 Å². The topological polar surface area (TPSA) is 79.4 Å². The van der Waals surface area contributed by atoms with E-state index in [1.54, 1.807) is 0 Å². The van der Waals surface area contributed by atoms with Crippen molar-refractivity contribution in [3.05, 3.63) is 66.2 Å². The minimum absolute atomic E-state index is 0.0672. The van der Waals surface area contributed by atoms with Gasteiger partial charge in [0.1, 0.15) is 6.54 Å². The van der Waals surface area contributed by atoms with Crippen molar-refractivity contribution in [3.63, 3.8) is 0 Å². The molecular weight excluding hydrogens is 440 g/mol. The molecule has 1 aliphatic rings. The van der Waals surface area contributed by atoms with Gasteiger partial charge in [0.25, 0.3) is 0 Å². The Bertz CT molecular complexity index is 1280. The Balaban J connectivity index is 1.20. The van der Waals surface area contributed by atoms with Gasteiger partial charge >= 0.3 is 0 Å². The van der Waals surface area contributed by atoms with Crippen LogP contribution < -0.4 is 5.32 Å². The first kappa shape index (κ1) is 23.3. The van der Waals surface area contributed by atoms with E-state index in [0.29, 0.717) is 18.2 Å². The van der Waals surface area contributed by atoms with E-state index < -0.39 is 0 Å². The highest BCUT2D eigenvalue weighted by atomic mass is 16.4. The van der Waals surface area contributed by atoms with E-state index in [1.807, 2.05) is 54.1 Å². The van der Waals surface area contributed by atoms with Gasteiger partial charge in [-0.3, -0.25) is 9.69 Å². The number of amides is 1. The largest absolute Gasteiger partial charge is 0.421 e. The molecule has 0 radical (unpaired) electrons.